The van der Waals surface area contributed by atoms with E-state index in [4.69, 9.17) is 4.74 Å². The van der Waals surface area contributed by atoms with Gasteiger partial charge in [-0.1, -0.05) is 13.8 Å². The van der Waals surface area contributed by atoms with Crippen molar-refractivity contribution in [1.82, 2.24) is 10.6 Å². The SMILES string of the molecule is COCCNCC(=O)NC1CCC(C(C)C)CC1.Cl. The second-order valence-electron chi connectivity index (χ2n) is 5.59. The van der Waals surface area contributed by atoms with Gasteiger partial charge in [-0.3, -0.25) is 4.79 Å². The van der Waals surface area contributed by atoms with E-state index < -0.39 is 0 Å². The fourth-order valence-electron chi connectivity index (χ4n) is 2.59. The van der Waals surface area contributed by atoms with Crippen LogP contribution in [0, 0.1) is 11.8 Å². The van der Waals surface area contributed by atoms with Crippen LogP contribution in [0.4, 0.5) is 0 Å². The molecule has 114 valence electrons. The maximum atomic E-state index is 11.7. The molecule has 0 bridgehead atoms. The van der Waals surface area contributed by atoms with Crippen LogP contribution in [-0.4, -0.2) is 38.8 Å². The van der Waals surface area contributed by atoms with Crippen LogP contribution in [0.25, 0.3) is 0 Å². The predicted molar refractivity (Wildman–Crippen MR) is 80.7 cm³/mol. The molecule has 5 heteroatoms. The summed E-state index contributed by atoms with van der Waals surface area (Å²) in [4.78, 5) is 11.7. The minimum atomic E-state index is 0. The number of amides is 1. The van der Waals surface area contributed by atoms with Crippen LogP contribution >= 0.6 is 12.4 Å². The number of halogens is 1. The number of carbonyl (C=O) groups is 1. The third kappa shape index (κ3) is 7.75. The molecule has 2 N–H and O–H groups in total. The molecule has 4 nitrogen and oxygen atoms in total. The molecule has 0 heterocycles. The molecule has 0 radical (unpaired) electrons. The van der Waals surface area contributed by atoms with E-state index in [0.29, 0.717) is 19.2 Å². The highest BCUT2D eigenvalue weighted by Crippen LogP contribution is 2.29. The first kappa shape index (κ1) is 18.7. The summed E-state index contributed by atoms with van der Waals surface area (Å²) in [5.41, 5.74) is 0. The summed E-state index contributed by atoms with van der Waals surface area (Å²) in [6.07, 6.45) is 4.76. The van der Waals surface area contributed by atoms with Crippen LogP contribution in [0.2, 0.25) is 0 Å². The molecule has 0 saturated heterocycles. The number of methoxy groups -OCH3 is 1. The van der Waals surface area contributed by atoms with Crippen LogP contribution in [0.5, 0.6) is 0 Å². The van der Waals surface area contributed by atoms with E-state index in [1.165, 1.54) is 12.8 Å². The monoisotopic (exact) mass is 292 g/mol. The van der Waals surface area contributed by atoms with Crippen molar-refractivity contribution < 1.29 is 9.53 Å². The molecule has 1 saturated carbocycles. The molecule has 0 aromatic rings. The normalized spacial score (nSPS) is 22.9. The fourth-order valence-corrected chi connectivity index (χ4v) is 2.59. The van der Waals surface area contributed by atoms with Crippen molar-refractivity contribution in [2.24, 2.45) is 11.8 Å². The first-order valence-corrected chi connectivity index (χ1v) is 7.12. The van der Waals surface area contributed by atoms with Gasteiger partial charge in [0.2, 0.25) is 5.91 Å². The minimum absolute atomic E-state index is 0. The summed E-state index contributed by atoms with van der Waals surface area (Å²) in [5.74, 6) is 1.73. The zero-order valence-corrected chi connectivity index (χ0v) is 13.2. The van der Waals surface area contributed by atoms with Crippen molar-refractivity contribution in [3.63, 3.8) is 0 Å². The molecule has 1 rings (SSSR count). The molecule has 0 atom stereocenters. The Balaban J connectivity index is 0.00000324. The first-order valence-electron chi connectivity index (χ1n) is 7.12. The van der Waals surface area contributed by atoms with Crippen molar-refractivity contribution in [2.45, 2.75) is 45.6 Å². The third-order valence-corrected chi connectivity index (χ3v) is 3.85. The Hall–Kier alpha value is -0.320. The van der Waals surface area contributed by atoms with Crippen molar-refractivity contribution in [3.8, 4) is 0 Å². The number of ether oxygens (including phenoxy) is 1. The maximum Gasteiger partial charge on any atom is 0.234 e. The number of hydrogen-bond donors (Lipinski definition) is 2. The summed E-state index contributed by atoms with van der Waals surface area (Å²) in [5, 5.41) is 6.18. The highest BCUT2D eigenvalue weighted by molar-refractivity contribution is 5.85. The van der Waals surface area contributed by atoms with E-state index in [0.717, 1.165) is 31.2 Å². The Bertz CT molecular complexity index is 242. The van der Waals surface area contributed by atoms with Gasteiger partial charge in [-0.05, 0) is 37.5 Å². The highest BCUT2D eigenvalue weighted by atomic mass is 35.5. The molecule has 0 aromatic carbocycles. The molecule has 19 heavy (non-hydrogen) atoms. The highest BCUT2D eigenvalue weighted by Gasteiger charge is 2.23. The van der Waals surface area contributed by atoms with Gasteiger partial charge in [-0.15, -0.1) is 12.4 Å². The van der Waals surface area contributed by atoms with Crippen LogP contribution < -0.4 is 10.6 Å². The van der Waals surface area contributed by atoms with Crippen molar-refractivity contribution in [1.29, 1.82) is 0 Å². The fraction of sp³-hybridized carbons (Fsp3) is 0.929. The van der Waals surface area contributed by atoms with E-state index in [1.54, 1.807) is 7.11 Å². The van der Waals surface area contributed by atoms with Gasteiger partial charge in [-0.25, -0.2) is 0 Å². The molecule has 0 aliphatic heterocycles. The standard InChI is InChI=1S/C14H28N2O2.ClH/c1-11(2)12-4-6-13(7-5-12)16-14(17)10-15-8-9-18-3;/h11-13,15H,4-10H2,1-3H3,(H,16,17);1H. The largest absolute Gasteiger partial charge is 0.383 e. The lowest BCUT2D eigenvalue weighted by molar-refractivity contribution is -0.121. The van der Waals surface area contributed by atoms with Crippen molar-refractivity contribution in [3.05, 3.63) is 0 Å². The number of hydrogen-bond acceptors (Lipinski definition) is 3. The Labute approximate surface area is 123 Å². The second kappa shape index (κ2) is 10.5. The Kier molecular flexibility index (Phi) is 10.3. The molecule has 1 aliphatic rings. The lowest BCUT2D eigenvalue weighted by Crippen LogP contribution is -2.42. The van der Waals surface area contributed by atoms with Crippen molar-refractivity contribution in [2.75, 3.05) is 26.8 Å². The molecular formula is C14H29ClN2O2. The van der Waals surface area contributed by atoms with Crippen LogP contribution in [-0.2, 0) is 9.53 Å². The molecule has 0 spiro atoms. The van der Waals surface area contributed by atoms with Crippen LogP contribution in [0.1, 0.15) is 39.5 Å². The van der Waals surface area contributed by atoms with Gasteiger partial charge in [0.15, 0.2) is 0 Å². The number of carbonyl (C=O) groups excluding carboxylic acids is 1. The molecule has 0 unspecified atom stereocenters. The Morgan fingerprint density at radius 3 is 2.42 bits per heavy atom. The average Bonchev–Trinajstić information content (AvgIpc) is 2.35. The smallest absolute Gasteiger partial charge is 0.234 e. The lowest BCUT2D eigenvalue weighted by atomic mass is 9.80. The van der Waals surface area contributed by atoms with Gasteiger partial charge in [0.1, 0.15) is 0 Å². The zero-order chi connectivity index (χ0) is 13.4. The van der Waals surface area contributed by atoms with E-state index in [-0.39, 0.29) is 18.3 Å². The summed E-state index contributed by atoms with van der Waals surface area (Å²) in [7, 11) is 1.66. The van der Waals surface area contributed by atoms with Gasteiger partial charge in [0.05, 0.1) is 13.2 Å². The van der Waals surface area contributed by atoms with Gasteiger partial charge in [0.25, 0.3) is 0 Å². The molecule has 1 aliphatic carbocycles. The number of nitrogens with one attached hydrogen (secondary N) is 2. The lowest BCUT2D eigenvalue weighted by Gasteiger charge is -2.31. The first-order chi connectivity index (χ1) is 8.63. The predicted octanol–water partition coefficient (Wildman–Crippen LogP) is 1.98. The number of rotatable bonds is 7. The van der Waals surface area contributed by atoms with Gasteiger partial charge in [-0.2, -0.15) is 0 Å². The summed E-state index contributed by atoms with van der Waals surface area (Å²) >= 11 is 0. The Morgan fingerprint density at radius 1 is 1.26 bits per heavy atom. The molecule has 0 aromatic heterocycles. The quantitative estimate of drug-likeness (QED) is 0.706. The Morgan fingerprint density at radius 2 is 1.89 bits per heavy atom. The van der Waals surface area contributed by atoms with Gasteiger partial charge < -0.3 is 15.4 Å². The van der Waals surface area contributed by atoms with Gasteiger partial charge >= 0.3 is 0 Å². The van der Waals surface area contributed by atoms with Gasteiger partial charge in [0, 0.05) is 19.7 Å². The molecule has 1 fully saturated rings. The molecule has 1 amide bonds. The minimum Gasteiger partial charge on any atom is -0.383 e. The summed E-state index contributed by atoms with van der Waals surface area (Å²) in [6, 6.07) is 0.386. The van der Waals surface area contributed by atoms with Crippen LogP contribution in [0.15, 0.2) is 0 Å². The van der Waals surface area contributed by atoms with E-state index in [2.05, 4.69) is 24.5 Å². The van der Waals surface area contributed by atoms with Crippen LogP contribution in [0.3, 0.4) is 0 Å². The van der Waals surface area contributed by atoms with E-state index in [9.17, 15) is 4.79 Å². The second-order valence-corrected chi connectivity index (χ2v) is 5.59. The topological polar surface area (TPSA) is 50.4 Å². The van der Waals surface area contributed by atoms with E-state index in [1.807, 2.05) is 0 Å². The summed E-state index contributed by atoms with van der Waals surface area (Å²) < 4.78 is 4.91. The molecular weight excluding hydrogens is 264 g/mol. The van der Waals surface area contributed by atoms with Crippen molar-refractivity contribution >= 4 is 18.3 Å². The summed E-state index contributed by atoms with van der Waals surface area (Å²) in [6.45, 7) is 6.36. The maximum absolute atomic E-state index is 11.7. The van der Waals surface area contributed by atoms with E-state index >= 15 is 0 Å². The zero-order valence-electron chi connectivity index (χ0n) is 12.4. The average molecular weight is 293 g/mol. The third-order valence-electron chi connectivity index (χ3n) is 3.85.